The number of carbonyl (C=O) groups is 1. The average molecular weight is 442 g/mol. The number of amides is 1. The molecule has 0 radical (unpaired) electrons. The predicted octanol–water partition coefficient (Wildman–Crippen LogP) is 3.18. The van der Waals surface area contributed by atoms with Gasteiger partial charge in [0.2, 0.25) is 0 Å². The second kappa shape index (κ2) is 8.43. The fourth-order valence-corrected chi connectivity index (χ4v) is 5.35. The number of anilines is 1. The van der Waals surface area contributed by atoms with Crippen LogP contribution >= 0.6 is 0 Å². The zero-order chi connectivity index (χ0) is 22.0. The zero-order valence-corrected chi connectivity index (χ0v) is 18.1. The number of rotatable bonds is 6. The highest BCUT2D eigenvalue weighted by Gasteiger charge is 2.32. The number of hydrogen-bond acceptors (Lipinski definition) is 6. The quantitative estimate of drug-likeness (QED) is 0.631. The molecule has 3 aromatic rings. The van der Waals surface area contributed by atoms with E-state index in [1.165, 1.54) is 14.2 Å². The Balaban J connectivity index is 1.70. The monoisotopic (exact) mass is 441 g/mol. The lowest BCUT2D eigenvalue weighted by Gasteiger charge is -2.15. The summed E-state index contributed by atoms with van der Waals surface area (Å²) in [5, 5.41) is 7.51. The molecule has 2 heterocycles. The third-order valence-electron chi connectivity index (χ3n) is 5.25. The number of methoxy groups -OCH3 is 2. The van der Waals surface area contributed by atoms with Crippen LogP contribution in [0.15, 0.2) is 54.6 Å². The Morgan fingerprint density at radius 2 is 1.87 bits per heavy atom. The van der Waals surface area contributed by atoms with E-state index in [0.29, 0.717) is 35.0 Å². The van der Waals surface area contributed by atoms with Crippen LogP contribution in [-0.4, -0.2) is 49.8 Å². The minimum atomic E-state index is -3.12. The minimum Gasteiger partial charge on any atom is -0.497 e. The van der Waals surface area contributed by atoms with E-state index in [1.54, 1.807) is 28.9 Å². The highest BCUT2D eigenvalue weighted by atomic mass is 32.2. The first-order chi connectivity index (χ1) is 14.9. The molecule has 162 valence electrons. The molecule has 1 amide bonds. The largest absolute Gasteiger partial charge is 0.497 e. The molecule has 0 aliphatic carbocycles. The van der Waals surface area contributed by atoms with Crippen LogP contribution in [0.3, 0.4) is 0 Å². The van der Waals surface area contributed by atoms with Gasteiger partial charge in [-0.05, 0) is 18.6 Å². The first-order valence-corrected chi connectivity index (χ1v) is 11.6. The van der Waals surface area contributed by atoms with Crippen LogP contribution in [0.4, 0.5) is 5.82 Å². The summed E-state index contributed by atoms with van der Waals surface area (Å²) in [4.78, 5) is 13.0. The molecule has 8 nitrogen and oxygen atoms in total. The summed E-state index contributed by atoms with van der Waals surface area (Å²) >= 11 is 0. The molecule has 1 saturated heterocycles. The van der Waals surface area contributed by atoms with Crippen molar-refractivity contribution in [2.24, 2.45) is 0 Å². The van der Waals surface area contributed by atoms with Gasteiger partial charge in [0.05, 0.1) is 43.0 Å². The number of nitrogens with one attached hydrogen (secondary N) is 1. The van der Waals surface area contributed by atoms with Gasteiger partial charge < -0.3 is 14.8 Å². The van der Waals surface area contributed by atoms with Crippen molar-refractivity contribution in [3.8, 4) is 22.8 Å². The summed E-state index contributed by atoms with van der Waals surface area (Å²) in [5.74, 6) is 1.09. The van der Waals surface area contributed by atoms with Gasteiger partial charge in [-0.15, -0.1) is 0 Å². The van der Waals surface area contributed by atoms with Gasteiger partial charge in [0.1, 0.15) is 17.3 Å². The van der Waals surface area contributed by atoms with Crippen molar-refractivity contribution in [2.75, 3.05) is 31.0 Å². The fourth-order valence-electron chi connectivity index (χ4n) is 3.65. The van der Waals surface area contributed by atoms with Crippen molar-refractivity contribution in [1.29, 1.82) is 0 Å². The summed E-state index contributed by atoms with van der Waals surface area (Å²) in [7, 11) is -0.108. The first kappa shape index (κ1) is 20.9. The molecular formula is C22H23N3O5S. The Kier molecular flexibility index (Phi) is 5.69. The number of carbonyl (C=O) groups excluding carboxylic acids is 1. The minimum absolute atomic E-state index is 0.00234. The van der Waals surface area contributed by atoms with Crippen molar-refractivity contribution >= 4 is 21.6 Å². The molecule has 1 fully saturated rings. The highest BCUT2D eigenvalue weighted by molar-refractivity contribution is 7.91. The third kappa shape index (κ3) is 4.41. The molecule has 31 heavy (non-hydrogen) atoms. The third-order valence-corrected chi connectivity index (χ3v) is 7.00. The van der Waals surface area contributed by atoms with Crippen molar-refractivity contribution in [3.05, 3.63) is 60.2 Å². The number of sulfone groups is 1. The van der Waals surface area contributed by atoms with E-state index in [0.717, 1.165) is 5.56 Å². The molecule has 0 saturated carbocycles. The Labute approximate surface area is 180 Å². The van der Waals surface area contributed by atoms with Gasteiger partial charge in [-0.1, -0.05) is 30.3 Å². The molecule has 1 aliphatic heterocycles. The highest BCUT2D eigenvalue weighted by Crippen LogP contribution is 2.31. The van der Waals surface area contributed by atoms with E-state index >= 15 is 0 Å². The van der Waals surface area contributed by atoms with Crippen molar-refractivity contribution in [2.45, 2.75) is 12.5 Å². The van der Waals surface area contributed by atoms with Crippen molar-refractivity contribution in [3.63, 3.8) is 0 Å². The van der Waals surface area contributed by atoms with Gasteiger partial charge in [0, 0.05) is 17.7 Å². The summed E-state index contributed by atoms with van der Waals surface area (Å²) < 4.78 is 36.2. The summed E-state index contributed by atoms with van der Waals surface area (Å²) in [6.07, 6.45) is 0.451. The molecule has 1 aliphatic rings. The molecule has 2 aromatic carbocycles. The molecule has 0 unspecified atom stereocenters. The van der Waals surface area contributed by atoms with Gasteiger partial charge in [-0.25, -0.2) is 13.1 Å². The molecule has 0 spiro atoms. The van der Waals surface area contributed by atoms with E-state index in [-0.39, 0.29) is 23.5 Å². The van der Waals surface area contributed by atoms with Crippen molar-refractivity contribution < 1.29 is 22.7 Å². The van der Waals surface area contributed by atoms with Crippen LogP contribution in [0.25, 0.3) is 11.3 Å². The maximum Gasteiger partial charge on any atom is 0.260 e. The first-order valence-electron chi connectivity index (χ1n) is 9.79. The van der Waals surface area contributed by atoms with E-state index in [9.17, 15) is 13.2 Å². The molecule has 4 rings (SSSR count). The number of aromatic nitrogens is 2. The Hall–Kier alpha value is -3.33. The maximum atomic E-state index is 13.0. The second-order valence-electron chi connectivity index (χ2n) is 7.30. The second-order valence-corrected chi connectivity index (χ2v) is 9.53. The smallest absolute Gasteiger partial charge is 0.260 e. The lowest BCUT2D eigenvalue weighted by atomic mass is 10.1. The topological polar surface area (TPSA) is 99.5 Å². The lowest BCUT2D eigenvalue weighted by molar-refractivity contribution is 0.102. The molecule has 1 N–H and O–H groups in total. The van der Waals surface area contributed by atoms with Crippen molar-refractivity contribution in [1.82, 2.24) is 9.78 Å². The van der Waals surface area contributed by atoms with Gasteiger partial charge in [0.25, 0.3) is 5.91 Å². The standard InChI is InChI=1S/C22H23N3O5S/c1-29-17-8-9-18(20(12-17)30-2)22(26)23-21-13-19(15-6-4-3-5-7-15)24-25(21)16-10-11-31(27,28)14-16/h3-9,12-13,16H,10-11,14H2,1-2H3,(H,23,26)/t16-/m1/s1. The number of benzene rings is 2. The Morgan fingerprint density at radius 3 is 2.52 bits per heavy atom. The summed E-state index contributed by atoms with van der Waals surface area (Å²) in [6, 6.07) is 15.9. The van der Waals surface area contributed by atoms with Gasteiger partial charge >= 0.3 is 0 Å². The van der Waals surface area contributed by atoms with Crippen LogP contribution in [0.5, 0.6) is 11.5 Å². The van der Waals surface area contributed by atoms with E-state index in [2.05, 4.69) is 10.4 Å². The fraction of sp³-hybridized carbons (Fsp3) is 0.273. The molecule has 1 atom stereocenters. The van der Waals surface area contributed by atoms with Gasteiger partial charge in [-0.3, -0.25) is 4.79 Å². The maximum absolute atomic E-state index is 13.0. The van der Waals surface area contributed by atoms with Crippen LogP contribution in [0.1, 0.15) is 22.8 Å². The van der Waals surface area contributed by atoms with E-state index in [1.807, 2.05) is 30.3 Å². The molecular weight excluding hydrogens is 418 g/mol. The zero-order valence-electron chi connectivity index (χ0n) is 17.2. The molecule has 0 bridgehead atoms. The Morgan fingerprint density at radius 1 is 1.10 bits per heavy atom. The van der Waals surface area contributed by atoms with Crippen LogP contribution in [-0.2, 0) is 9.84 Å². The SMILES string of the molecule is COc1ccc(C(=O)Nc2cc(-c3ccccc3)nn2[C@@H]2CCS(=O)(=O)C2)c(OC)c1. The van der Waals surface area contributed by atoms with Crippen LogP contribution < -0.4 is 14.8 Å². The van der Waals surface area contributed by atoms with E-state index in [4.69, 9.17) is 9.47 Å². The molecule has 1 aromatic heterocycles. The van der Waals surface area contributed by atoms with E-state index < -0.39 is 9.84 Å². The van der Waals surface area contributed by atoms with Crippen LogP contribution in [0.2, 0.25) is 0 Å². The normalized spacial score (nSPS) is 17.3. The molecule has 9 heteroatoms. The summed E-state index contributed by atoms with van der Waals surface area (Å²) in [5.41, 5.74) is 1.86. The summed E-state index contributed by atoms with van der Waals surface area (Å²) in [6.45, 7) is 0. The predicted molar refractivity (Wildman–Crippen MR) is 117 cm³/mol. The van der Waals surface area contributed by atoms with Gasteiger partial charge in [0.15, 0.2) is 9.84 Å². The van der Waals surface area contributed by atoms with Gasteiger partial charge in [-0.2, -0.15) is 5.10 Å². The number of nitrogens with zero attached hydrogens (tertiary/aromatic N) is 2. The number of hydrogen-bond donors (Lipinski definition) is 1. The Bertz CT molecular complexity index is 1210. The average Bonchev–Trinajstić information content (AvgIpc) is 3.36. The van der Waals surface area contributed by atoms with Crippen LogP contribution in [0, 0.1) is 0 Å². The number of ether oxygens (including phenoxy) is 2. The lowest BCUT2D eigenvalue weighted by Crippen LogP contribution is -2.20.